The van der Waals surface area contributed by atoms with E-state index < -0.39 is 0 Å². The second-order valence-electron chi connectivity index (χ2n) is 11.2. The summed E-state index contributed by atoms with van der Waals surface area (Å²) in [5, 5.41) is 11.8. The maximum atomic E-state index is 12.7. The van der Waals surface area contributed by atoms with Gasteiger partial charge in [0, 0.05) is 37.3 Å². The molecule has 1 amide bonds. The summed E-state index contributed by atoms with van der Waals surface area (Å²) in [4.78, 5) is 19.3. The number of hydrogen-bond acceptors (Lipinski definition) is 7. The van der Waals surface area contributed by atoms with Gasteiger partial charge in [-0.05, 0) is 42.6 Å². The summed E-state index contributed by atoms with van der Waals surface area (Å²) in [5.41, 5.74) is 3.38. The molecule has 1 aromatic carbocycles. The predicted octanol–water partition coefficient (Wildman–Crippen LogP) is 4.20. The molecule has 4 heterocycles. The molecule has 3 aromatic rings. The van der Waals surface area contributed by atoms with Crippen LogP contribution in [0.4, 0.5) is 10.6 Å². The Hall–Kier alpha value is -3.33. The SMILES string of the molecule is CC(C)c1cnn2c(NC3CC4(CNC4)C3)cc(O[C@@H]3CCCN(C(=O)OCc4ccccc4)C3)nc12. The van der Waals surface area contributed by atoms with Crippen molar-refractivity contribution in [3.05, 3.63) is 53.7 Å². The van der Waals surface area contributed by atoms with E-state index in [4.69, 9.17) is 14.5 Å². The number of carbonyl (C=O) groups is 1. The molecule has 9 nitrogen and oxygen atoms in total. The number of aromatic nitrogens is 3. The van der Waals surface area contributed by atoms with E-state index in [9.17, 15) is 4.79 Å². The van der Waals surface area contributed by atoms with Gasteiger partial charge in [-0.3, -0.25) is 0 Å². The summed E-state index contributed by atoms with van der Waals surface area (Å²) < 4.78 is 13.9. The smallest absolute Gasteiger partial charge is 0.410 e. The Labute approximate surface area is 217 Å². The van der Waals surface area contributed by atoms with Crippen molar-refractivity contribution in [3.63, 3.8) is 0 Å². The number of fused-ring (bicyclic) bond motifs is 1. The molecule has 2 saturated heterocycles. The first-order valence-electron chi connectivity index (χ1n) is 13.5. The van der Waals surface area contributed by atoms with E-state index in [1.807, 2.05) is 47.1 Å². The fourth-order valence-electron chi connectivity index (χ4n) is 5.77. The third-order valence-corrected chi connectivity index (χ3v) is 7.94. The molecule has 6 rings (SSSR count). The number of amides is 1. The number of anilines is 1. The maximum Gasteiger partial charge on any atom is 0.410 e. The van der Waals surface area contributed by atoms with Crippen molar-refractivity contribution in [1.29, 1.82) is 0 Å². The molecule has 3 aliphatic rings. The fourth-order valence-corrected chi connectivity index (χ4v) is 5.77. The first kappa shape index (κ1) is 24.0. The Bertz CT molecular complexity index is 1250. The number of hydrogen-bond donors (Lipinski definition) is 2. The minimum absolute atomic E-state index is 0.140. The number of benzene rings is 1. The Kier molecular flexibility index (Phi) is 6.40. The molecule has 1 spiro atoms. The highest BCUT2D eigenvalue weighted by molar-refractivity contribution is 5.67. The first-order chi connectivity index (χ1) is 18.0. The Morgan fingerprint density at radius 3 is 2.78 bits per heavy atom. The van der Waals surface area contributed by atoms with Gasteiger partial charge in [-0.15, -0.1) is 0 Å². The van der Waals surface area contributed by atoms with Crippen LogP contribution in [0.25, 0.3) is 5.65 Å². The van der Waals surface area contributed by atoms with Gasteiger partial charge < -0.3 is 25.0 Å². The van der Waals surface area contributed by atoms with Gasteiger partial charge >= 0.3 is 6.09 Å². The van der Waals surface area contributed by atoms with Crippen molar-refractivity contribution >= 4 is 17.6 Å². The number of carbonyl (C=O) groups excluding carboxylic acids is 1. The van der Waals surface area contributed by atoms with E-state index in [-0.39, 0.29) is 18.8 Å². The Balaban J connectivity index is 1.15. The quantitative estimate of drug-likeness (QED) is 0.498. The zero-order valence-corrected chi connectivity index (χ0v) is 21.7. The number of nitrogens with one attached hydrogen (secondary N) is 2. The average Bonchev–Trinajstić information content (AvgIpc) is 3.28. The molecular weight excluding hydrogens is 468 g/mol. The molecule has 2 aliphatic heterocycles. The molecule has 0 bridgehead atoms. The average molecular weight is 505 g/mol. The van der Waals surface area contributed by atoms with Crippen molar-refractivity contribution in [2.45, 2.75) is 64.2 Å². The van der Waals surface area contributed by atoms with Crippen LogP contribution in [0.15, 0.2) is 42.6 Å². The van der Waals surface area contributed by atoms with Gasteiger partial charge in [0.05, 0.1) is 12.7 Å². The minimum Gasteiger partial charge on any atom is -0.472 e. The van der Waals surface area contributed by atoms with E-state index in [0.29, 0.717) is 36.3 Å². The lowest BCUT2D eigenvalue weighted by Crippen LogP contribution is -2.63. The van der Waals surface area contributed by atoms with Crippen LogP contribution in [0.5, 0.6) is 5.88 Å². The van der Waals surface area contributed by atoms with Crippen LogP contribution in [0.1, 0.15) is 56.6 Å². The lowest BCUT2D eigenvalue weighted by atomic mass is 9.62. The summed E-state index contributed by atoms with van der Waals surface area (Å²) in [7, 11) is 0. The first-order valence-corrected chi connectivity index (χ1v) is 13.5. The third kappa shape index (κ3) is 4.97. The summed E-state index contributed by atoms with van der Waals surface area (Å²) in [6.45, 7) is 7.97. The van der Waals surface area contributed by atoms with Crippen LogP contribution < -0.4 is 15.4 Å². The molecular formula is C28H36N6O3. The molecule has 1 atom stereocenters. The van der Waals surface area contributed by atoms with E-state index in [2.05, 4.69) is 29.6 Å². The number of likely N-dealkylation sites (tertiary alicyclic amines) is 1. The van der Waals surface area contributed by atoms with Gasteiger partial charge in [-0.25, -0.2) is 4.79 Å². The second-order valence-corrected chi connectivity index (χ2v) is 11.2. The summed E-state index contributed by atoms with van der Waals surface area (Å²) in [6, 6.07) is 12.1. The summed E-state index contributed by atoms with van der Waals surface area (Å²) in [5.74, 6) is 1.78. The van der Waals surface area contributed by atoms with Gasteiger partial charge in [0.2, 0.25) is 5.88 Å². The van der Waals surface area contributed by atoms with E-state index >= 15 is 0 Å². The third-order valence-electron chi connectivity index (χ3n) is 7.94. The van der Waals surface area contributed by atoms with Crippen molar-refractivity contribution < 1.29 is 14.3 Å². The molecule has 9 heteroatoms. The maximum absolute atomic E-state index is 12.7. The standard InChI is InChI=1S/C28H36N6O3/c1-19(2)23-14-30-34-24(31-21-12-28(13-21)17-29-18-28)11-25(32-26(23)34)37-22-9-6-10-33(15-22)27(35)36-16-20-7-4-3-5-8-20/h3-5,7-8,11,14,19,21-22,29,31H,6,9-10,12-13,15-18H2,1-2H3/t22-/m1/s1. The number of piperidine rings is 1. The van der Waals surface area contributed by atoms with Gasteiger partial charge in [-0.1, -0.05) is 44.2 Å². The monoisotopic (exact) mass is 504 g/mol. The molecule has 37 heavy (non-hydrogen) atoms. The van der Waals surface area contributed by atoms with Crippen molar-refractivity contribution in [2.24, 2.45) is 5.41 Å². The molecule has 196 valence electrons. The van der Waals surface area contributed by atoms with Gasteiger partial charge in [0.15, 0.2) is 5.65 Å². The molecule has 1 saturated carbocycles. The molecule has 0 unspecified atom stereocenters. The Morgan fingerprint density at radius 2 is 2.05 bits per heavy atom. The normalized spacial score (nSPS) is 21.1. The molecule has 2 N–H and O–H groups in total. The van der Waals surface area contributed by atoms with Crippen LogP contribution in [-0.2, 0) is 11.3 Å². The highest BCUT2D eigenvalue weighted by atomic mass is 16.6. The van der Waals surface area contributed by atoms with Crippen LogP contribution in [-0.4, -0.2) is 63.9 Å². The number of nitrogens with zero attached hydrogens (tertiary/aromatic N) is 4. The van der Waals surface area contributed by atoms with Crippen LogP contribution >= 0.6 is 0 Å². The second kappa shape index (κ2) is 9.85. The van der Waals surface area contributed by atoms with Crippen molar-refractivity contribution in [3.8, 4) is 5.88 Å². The van der Waals surface area contributed by atoms with Crippen molar-refractivity contribution in [1.82, 2.24) is 24.8 Å². The molecule has 1 aliphatic carbocycles. The zero-order valence-electron chi connectivity index (χ0n) is 21.7. The fraction of sp³-hybridized carbons (Fsp3) is 0.536. The lowest BCUT2D eigenvalue weighted by Gasteiger charge is -2.54. The van der Waals surface area contributed by atoms with E-state index in [1.165, 1.54) is 12.8 Å². The van der Waals surface area contributed by atoms with Gasteiger partial charge in [-0.2, -0.15) is 14.6 Å². The largest absolute Gasteiger partial charge is 0.472 e. The Morgan fingerprint density at radius 1 is 1.24 bits per heavy atom. The summed E-state index contributed by atoms with van der Waals surface area (Å²) >= 11 is 0. The van der Waals surface area contributed by atoms with Crippen molar-refractivity contribution in [2.75, 3.05) is 31.5 Å². The summed E-state index contributed by atoms with van der Waals surface area (Å²) in [6.07, 6.45) is 5.53. The van der Waals surface area contributed by atoms with Crippen LogP contribution in [0, 0.1) is 5.41 Å². The van der Waals surface area contributed by atoms with E-state index in [1.54, 1.807) is 4.90 Å². The lowest BCUT2D eigenvalue weighted by molar-refractivity contribution is 0.0467. The minimum atomic E-state index is -0.301. The zero-order chi connectivity index (χ0) is 25.4. The van der Waals surface area contributed by atoms with Gasteiger partial charge in [0.1, 0.15) is 18.5 Å². The number of ether oxygens (including phenoxy) is 2. The number of rotatable bonds is 7. The molecule has 3 fully saturated rings. The highest BCUT2D eigenvalue weighted by Gasteiger charge is 2.48. The van der Waals surface area contributed by atoms with Crippen LogP contribution in [0.3, 0.4) is 0 Å². The highest BCUT2D eigenvalue weighted by Crippen LogP contribution is 2.45. The van der Waals surface area contributed by atoms with Gasteiger partial charge in [0.25, 0.3) is 0 Å². The van der Waals surface area contributed by atoms with Crippen LogP contribution in [0.2, 0.25) is 0 Å². The van der Waals surface area contributed by atoms with E-state index in [0.717, 1.165) is 48.5 Å². The molecule has 2 aromatic heterocycles. The predicted molar refractivity (Wildman–Crippen MR) is 141 cm³/mol. The topological polar surface area (TPSA) is 93.0 Å². The molecule has 0 radical (unpaired) electrons.